The minimum atomic E-state index is -0.132. The molecule has 0 radical (unpaired) electrons. The fraction of sp³-hybridized carbons (Fsp3) is 0.238. The fourth-order valence-corrected chi connectivity index (χ4v) is 4.47. The highest BCUT2D eigenvalue weighted by Gasteiger charge is 2.32. The van der Waals surface area contributed by atoms with E-state index in [2.05, 4.69) is 9.69 Å². The molecular formula is C21H20N2O4S. The smallest absolute Gasteiger partial charge is 0.225 e. The van der Waals surface area contributed by atoms with Gasteiger partial charge in [-0.3, -0.25) is 4.79 Å². The third-order valence-electron chi connectivity index (χ3n) is 4.83. The van der Waals surface area contributed by atoms with Gasteiger partial charge in [-0.1, -0.05) is 30.3 Å². The molecule has 0 aliphatic carbocycles. The number of fused-ring (bicyclic) bond motifs is 1. The van der Waals surface area contributed by atoms with Crippen molar-refractivity contribution < 1.29 is 19.0 Å². The van der Waals surface area contributed by atoms with Gasteiger partial charge < -0.3 is 19.5 Å². The molecule has 2 aromatic carbocycles. The highest BCUT2D eigenvalue weighted by atomic mass is 32.1. The Morgan fingerprint density at radius 1 is 1.04 bits per heavy atom. The lowest BCUT2D eigenvalue weighted by atomic mass is 9.89. The van der Waals surface area contributed by atoms with E-state index in [9.17, 15) is 4.79 Å². The Labute approximate surface area is 167 Å². The van der Waals surface area contributed by atoms with Crippen molar-refractivity contribution in [2.24, 2.45) is 0 Å². The van der Waals surface area contributed by atoms with E-state index in [1.807, 2.05) is 42.5 Å². The fourth-order valence-electron chi connectivity index (χ4n) is 3.49. The Morgan fingerprint density at radius 2 is 1.71 bits per heavy atom. The van der Waals surface area contributed by atoms with E-state index in [4.69, 9.17) is 14.2 Å². The van der Waals surface area contributed by atoms with Crippen LogP contribution in [0.2, 0.25) is 0 Å². The molecule has 28 heavy (non-hydrogen) atoms. The summed E-state index contributed by atoms with van der Waals surface area (Å²) < 4.78 is 21.0. The zero-order chi connectivity index (χ0) is 19.7. The summed E-state index contributed by atoms with van der Waals surface area (Å²) in [6.45, 7) is 0. The summed E-state index contributed by atoms with van der Waals surface area (Å²) >= 11 is 1.41. The van der Waals surface area contributed by atoms with Gasteiger partial charge in [-0.05, 0) is 29.2 Å². The quantitative estimate of drug-likeness (QED) is 0.696. The van der Waals surface area contributed by atoms with Crippen molar-refractivity contribution in [3.05, 3.63) is 52.9 Å². The number of ether oxygens (including phenoxy) is 3. The molecule has 1 aliphatic heterocycles. The molecule has 2 heterocycles. The number of carbonyl (C=O) groups is 1. The summed E-state index contributed by atoms with van der Waals surface area (Å²) in [5, 5.41) is 3.01. The number of nitrogens with zero attached hydrogens (tertiary/aromatic N) is 1. The normalized spacial score (nSPS) is 15.5. The number of aromatic nitrogens is 1. The number of nitrogens with one attached hydrogen (secondary N) is 1. The first-order chi connectivity index (χ1) is 13.7. The summed E-state index contributed by atoms with van der Waals surface area (Å²) in [6, 6.07) is 13.7. The van der Waals surface area contributed by atoms with Crippen LogP contribution in [-0.4, -0.2) is 31.6 Å². The number of hydrogen-bond acceptors (Lipinski definition) is 6. The highest BCUT2D eigenvalue weighted by Crippen LogP contribution is 2.48. The number of benzene rings is 2. The lowest BCUT2D eigenvalue weighted by Gasteiger charge is -2.24. The molecule has 1 aromatic heterocycles. The summed E-state index contributed by atoms with van der Waals surface area (Å²) in [4.78, 5) is 13.5. The van der Waals surface area contributed by atoms with Crippen molar-refractivity contribution in [2.45, 2.75) is 12.3 Å². The van der Waals surface area contributed by atoms with Gasteiger partial charge in [-0.15, -0.1) is 0 Å². The average molecular weight is 396 g/mol. The van der Waals surface area contributed by atoms with Crippen molar-refractivity contribution in [3.8, 4) is 28.5 Å². The monoisotopic (exact) mass is 396 g/mol. The van der Waals surface area contributed by atoms with Crippen molar-refractivity contribution >= 4 is 23.1 Å². The van der Waals surface area contributed by atoms with Gasteiger partial charge in [-0.25, -0.2) is 0 Å². The van der Waals surface area contributed by atoms with Crippen LogP contribution in [-0.2, 0) is 4.79 Å². The van der Waals surface area contributed by atoms with Crippen molar-refractivity contribution in [2.75, 3.05) is 26.6 Å². The van der Waals surface area contributed by atoms with Gasteiger partial charge in [0.1, 0.15) is 5.69 Å². The molecule has 1 amide bonds. The van der Waals surface area contributed by atoms with Crippen LogP contribution in [0.5, 0.6) is 17.2 Å². The Bertz CT molecular complexity index is 991. The molecule has 144 valence electrons. The van der Waals surface area contributed by atoms with Crippen LogP contribution in [0.25, 0.3) is 11.3 Å². The molecule has 6 nitrogen and oxygen atoms in total. The number of hydrogen-bond donors (Lipinski definition) is 1. The van der Waals surface area contributed by atoms with E-state index >= 15 is 0 Å². The predicted molar refractivity (Wildman–Crippen MR) is 109 cm³/mol. The number of rotatable bonds is 5. The second-order valence-electron chi connectivity index (χ2n) is 6.40. The van der Waals surface area contributed by atoms with Crippen molar-refractivity contribution in [3.63, 3.8) is 0 Å². The maximum absolute atomic E-state index is 12.5. The first-order valence-corrected chi connectivity index (χ1v) is 9.58. The van der Waals surface area contributed by atoms with Crippen LogP contribution in [0.1, 0.15) is 22.8 Å². The molecular weight excluding hydrogens is 376 g/mol. The van der Waals surface area contributed by atoms with Crippen LogP contribution in [0.3, 0.4) is 0 Å². The first-order valence-electron chi connectivity index (χ1n) is 8.81. The van der Waals surface area contributed by atoms with Crippen LogP contribution >= 0.6 is 11.5 Å². The van der Waals surface area contributed by atoms with Crippen LogP contribution in [0.15, 0.2) is 42.5 Å². The molecule has 0 fully saturated rings. The van der Waals surface area contributed by atoms with E-state index in [1.165, 1.54) is 11.5 Å². The van der Waals surface area contributed by atoms with E-state index in [-0.39, 0.29) is 11.8 Å². The zero-order valence-electron chi connectivity index (χ0n) is 15.8. The van der Waals surface area contributed by atoms with Crippen molar-refractivity contribution in [1.82, 2.24) is 4.37 Å². The zero-order valence-corrected chi connectivity index (χ0v) is 16.6. The molecule has 1 N–H and O–H groups in total. The van der Waals surface area contributed by atoms with Gasteiger partial charge >= 0.3 is 0 Å². The number of anilines is 1. The number of carbonyl (C=O) groups excluding carboxylic acids is 1. The van der Waals surface area contributed by atoms with Gasteiger partial charge in [0.25, 0.3) is 0 Å². The van der Waals surface area contributed by atoms with Gasteiger partial charge in [0, 0.05) is 17.9 Å². The van der Waals surface area contributed by atoms with Crippen LogP contribution < -0.4 is 19.5 Å². The standard InChI is InChI=1S/C21H20N2O4S/c1-25-15-9-13(10-16(26-2)20(15)27-3)14-11-17(24)22-19-18(23-28-21(14)19)12-7-5-4-6-8-12/h4-10,14H,11H2,1-3H3,(H,22,24)/t14-/m0/s1. The minimum Gasteiger partial charge on any atom is -0.493 e. The van der Waals surface area contributed by atoms with Crippen molar-refractivity contribution in [1.29, 1.82) is 0 Å². The molecule has 1 atom stereocenters. The first kappa shape index (κ1) is 18.3. The third-order valence-corrected chi connectivity index (χ3v) is 5.78. The molecule has 0 spiro atoms. The van der Waals surface area contributed by atoms with E-state index in [0.29, 0.717) is 23.7 Å². The summed E-state index contributed by atoms with van der Waals surface area (Å²) in [6.07, 6.45) is 0.335. The number of amides is 1. The highest BCUT2D eigenvalue weighted by molar-refractivity contribution is 7.07. The molecule has 4 rings (SSSR count). The van der Waals surface area contributed by atoms with Gasteiger partial charge in [-0.2, -0.15) is 4.37 Å². The maximum Gasteiger partial charge on any atom is 0.225 e. The molecule has 3 aromatic rings. The Morgan fingerprint density at radius 3 is 2.32 bits per heavy atom. The molecule has 0 bridgehead atoms. The van der Waals surface area contributed by atoms with Gasteiger partial charge in [0.15, 0.2) is 11.5 Å². The Hall–Kier alpha value is -3.06. The molecule has 1 aliphatic rings. The Kier molecular flexibility index (Phi) is 4.92. The maximum atomic E-state index is 12.5. The van der Waals surface area contributed by atoms with Gasteiger partial charge in [0.05, 0.1) is 31.9 Å². The molecule has 7 heteroatoms. The summed E-state index contributed by atoms with van der Waals surface area (Å²) in [5.41, 5.74) is 3.48. The average Bonchev–Trinajstić information content (AvgIpc) is 3.16. The van der Waals surface area contributed by atoms with E-state index < -0.39 is 0 Å². The van der Waals surface area contributed by atoms with E-state index in [0.717, 1.165) is 27.4 Å². The van der Waals surface area contributed by atoms with E-state index in [1.54, 1.807) is 21.3 Å². The third kappa shape index (κ3) is 3.07. The SMILES string of the molecule is COc1cc([C@@H]2CC(=O)Nc3c(-c4ccccc4)nsc32)cc(OC)c1OC. The lowest BCUT2D eigenvalue weighted by Crippen LogP contribution is -2.22. The predicted octanol–water partition coefficient (Wildman–Crippen LogP) is 4.31. The van der Waals surface area contributed by atoms with Crippen LogP contribution in [0.4, 0.5) is 5.69 Å². The van der Waals surface area contributed by atoms with Crippen LogP contribution in [0, 0.1) is 0 Å². The second-order valence-corrected chi connectivity index (χ2v) is 7.20. The molecule has 0 unspecified atom stereocenters. The Balaban J connectivity index is 1.83. The summed E-state index contributed by atoms with van der Waals surface area (Å²) in [5.74, 6) is 1.49. The number of methoxy groups -OCH3 is 3. The lowest BCUT2D eigenvalue weighted by molar-refractivity contribution is -0.116. The summed E-state index contributed by atoms with van der Waals surface area (Å²) in [7, 11) is 4.74. The van der Waals surface area contributed by atoms with Gasteiger partial charge in [0.2, 0.25) is 11.7 Å². The topological polar surface area (TPSA) is 69.7 Å². The molecule has 0 saturated carbocycles. The minimum absolute atomic E-state index is 0.0383. The largest absolute Gasteiger partial charge is 0.493 e. The molecule has 0 saturated heterocycles. The second kappa shape index (κ2) is 7.52.